The number of benzene rings is 2. The fourth-order valence-electron chi connectivity index (χ4n) is 3.04. The minimum absolute atomic E-state index is 0.103. The van der Waals surface area contributed by atoms with Crippen LogP contribution in [-0.4, -0.2) is 12.4 Å². The Balaban J connectivity index is 1.51. The Hall–Kier alpha value is -3.40. The zero-order valence-electron chi connectivity index (χ0n) is 15.1. The van der Waals surface area contributed by atoms with Crippen LogP contribution in [0.15, 0.2) is 78.8 Å². The van der Waals surface area contributed by atoms with E-state index in [4.69, 9.17) is 9.47 Å². The fourth-order valence-corrected chi connectivity index (χ4v) is 3.04. The van der Waals surface area contributed by atoms with Gasteiger partial charge >= 0.3 is 0 Å². The quantitative estimate of drug-likeness (QED) is 0.510. The summed E-state index contributed by atoms with van der Waals surface area (Å²) < 4.78 is 13.3. The monoisotopic (exact) mass is 358 g/mol. The molecule has 1 aromatic heterocycles. The molecule has 0 atom stereocenters. The van der Waals surface area contributed by atoms with Gasteiger partial charge < -0.3 is 9.47 Å². The highest BCUT2D eigenvalue weighted by Gasteiger charge is 2.27. The number of nitrogens with zero attached hydrogens (tertiary/aromatic N) is 1. The van der Waals surface area contributed by atoms with E-state index in [9.17, 15) is 4.79 Å². The van der Waals surface area contributed by atoms with E-state index in [2.05, 4.69) is 16.7 Å². The highest BCUT2D eigenvalue weighted by atomic mass is 16.5. The number of Topliss-reactive ketones (excluding diaryl/α,β-unsaturated/α-hetero) is 1. The first-order valence-electron chi connectivity index (χ1n) is 8.97. The van der Waals surface area contributed by atoms with Crippen LogP contribution in [0.25, 0.3) is 6.08 Å². The lowest BCUT2D eigenvalue weighted by Gasteiger charge is -2.03. The number of allylic oxidation sites excluding steroid dienone is 1. The molecule has 0 radical (unpaired) electrons. The Kier molecular flexibility index (Phi) is 4.71. The van der Waals surface area contributed by atoms with Crippen molar-refractivity contribution in [1.82, 2.24) is 0 Å². The molecule has 0 unspecified atom stereocenters. The van der Waals surface area contributed by atoms with Gasteiger partial charge in [-0.25, -0.2) is 4.57 Å². The first-order valence-corrected chi connectivity index (χ1v) is 8.97. The molecule has 0 amide bonds. The van der Waals surface area contributed by atoms with Crippen molar-refractivity contribution in [2.45, 2.75) is 13.5 Å². The van der Waals surface area contributed by atoms with Crippen molar-refractivity contribution in [2.75, 3.05) is 6.61 Å². The van der Waals surface area contributed by atoms with E-state index in [-0.39, 0.29) is 5.78 Å². The Morgan fingerprint density at radius 2 is 1.81 bits per heavy atom. The van der Waals surface area contributed by atoms with Crippen molar-refractivity contribution in [1.29, 1.82) is 0 Å². The summed E-state index contributed by atoms with van der Waals surface area (Å²) in [5.74, 6) is 1.48. The van der Waals surface area contributed by atoms with E-state index < -0.39 is 0 Å². The number of ether oxygens (including phenoxy) is 2. The maximum Gasteiger partial charge on any atom is 0.231 e. The smallest absolute Gasteiger partial charge is 0.231 e. The summed E-state index contributed by atoms with van der Waals surface area (Å²) in [6.45, 7) is 3.30. The first-order chi connectivity index (χ1) is 13.2. The molecular formula is C23H20NO3+. The summed E-state index contributed by atoms with van der Waals surface area (Å²) in [6.07, 6.45) is 5.77. The molecule has 4 rings (SSSR count). The molecule has 0 aliphatic carbocycles. The predicted molar refractivity (Wildman–Crippen MR) is 103 cm³/mol. The van der Waals surface area contributed by atoms with Gasteiger partial charge in [-0.05, 0) is 30.7 Å². The molecule has 4 nitrogen and oxygen atoms in total. The zero-order chi connectivity index (χ0) is 18.6. The predicted octanol–water partition coefficient (Wildman–Crippen LogP) is 4.04. The van der Waals surface area contributed by atoms with Gasteiger partial charge in [0.1, 0.15) is 11.5 Å². The molecule has 2 heterocycles. The van der Waals surface area contributed by atoms with Crippen LogP contribution in [0.4, 0.5) is 0 Å². The third kappa shape index (κ3) is 3.75. The number of hydrogen-bond acceptors (Lipinski definition) is 3. The van der Waals surface area contributed by atoms with Gasteiger partial charge in [-0.15, -0.1) is 0 Å². The number of carbonyl (C=O) groups excluding carboxylic acids is 1. The molecule has 0 saturated heterocycles. The second kappa shape index (κ2) is 7.46. The summed E-state index contributed by atoms with van der Waals surface area (Å²) in [5.41, 5.74) is 2.73. The van der Waals surface area contributed by atoms with Crippen molar-refractivity contribution in [3.63, 3.8) is 0 Å². The summed E-state index contributed by atoms with van der Waals surface area (Å²) in [4.78, 5) is 12.5. The van der Waals surface area contributed by atoms with E-state index in [1.807, 2.05) is 49.6 Å². The first kappa shape index (κ1) is 17.0. The molecular weight excluding hydrogens is 338 g/mol. The van der Waals surface area contributed by atoms with E-state index in [1.54, 1.807) is 24.3 Å². The lowest BCUT2D eigenvalue weighted by atomic mass is 10.1. The van der Waals surface area contributed by atoms with Crippen molar-refractivity contribution >= 4 is 11.9 Å². The molecule has 0 N–H and O–H groups in total. The van der Waals surface area contributed by atoms with Crippen LogP contribution >= 0.6 is 0 Å². The average Bonchev–Trinajstić information content (AvgIpc) is 2.99. The van der Waals surface area contributed by atoms with Gasteiger partial charge in [-0.2, -0.15) is 0 Å². The Labute approximate surface area is 158 Å². The van der Waals surface area contributed by atoms with Gasteiger partial charge in [0, 0.05) is 23.8 Å². The van der Waals surface area contributed by atoms with Crippen LogP contribution in [-0.2, 0) is 6.54 Å². The maximum atomic E-state index is 12.5. The summed E-state index contributed by atoms with van der Waals surface area (Å²) in [7, 11) is 0. The Morgan fingerprint density at radius 3 is 2.56 bits per heavy atom. The molecule has 134 valence electrons. The lowest BCUT2D eigenvalue weighted by molar-refractivity contribution is -0.688. The molecule has 27 heavy (non-hydrogen) atoms. The molecule has 3 aromatic rings. The van der Waals surface area contributed by atoms with E-state index in [1.165, 1.54) is 5.56 Å². The van der Waals surface area contributed by atoms with Gasteiger partial charge in [-0.1, -0.05) is 30.3 Å². The minimum Gasteiger partial charge on any atom is -0.494 e. The number of hydrogen-bond donors (Lipinski definition) is 0. The number of aromatic nitrogens is 1. The molecule has 0 fully saturated rings. The summed E-state index contributed by atoms with van der Waals surface area (Å²) >= 11 is 0. The van der Waals surface area contributed by atoms with Crippen molar-refractivity contribution in [3.05, 3.63) is 95.5 Å². The third-order valence-corrected chi connectivity index (χ3v) is 4.38. The van der Waals surface area contributed by atoms with Crippen LogP contribution in [0.3, 0.4) is 0 Å². The van der Waals surface area contributed by atoms with Gasteiger partial charge in [0.25, 0.3) is 0 Å². The van der Waals surface area contributed by atoms with Crippen LogP contribution in [0.5, 0.6) is 11.5 Å². The minimum atomic E-state index is -0.103. The van der Waals surface area contributed by atoms with Crippen LogP contribution in [0, 0.1) is 0 Å². The Bertz CT molecular complexity index is 992. The Morgan fingerprint density at radius 1 is 1.04 bits per heavy atom. The van der Waals surface area contributed by atoms with E-state index in [0.717, 1.165) is 12.1 Å². The normalized spacial score (nSPS) is 14.1. The highest BCUT2D eigenvalue weighted by molar-refractivity contribution is 6.14. The van der Waals surface area contributed by atoms with Gasteiger partial charge in [-0.3, -0.25) is 4.79 Å². The van der Waals surface area contributed by atoms with Gasteiger partial charge in [0.15, 0.2) is 24.7 Å². The molecule has 1 aliphatic rings. The average molecular weight is 358 g/mol. The van der Waals surface area contributed by atoms with Gasteiger partial charge in [0.2, 0.25) is 5.78 Å². The highest BCUT2D eigenvalue weighted by Crippen LogP contribution is 2.34. The number of fused-ring (bicyclic) bond motifs is 1. The standard InChI is InChI=1S/C23H20NO3/c1-2-26-19-8-9-20-21(15-19)27-22(23(20)25)14-17-10-12-24(13-11-17)16-18-6-4-3-5-7-18/h3-15H,2,16H2,1H3/q+1/b22-14-. The molecule has 2 aromatic carbocycles. The second-order valence-electron chi connectivity index (χ2n) is 6.32. The SMILES string of the molecule is CCOc1ccc2c(c1)O/C(=C\c1cc[n+](Cc3ccccc3)cc1)C2=O. The number of pyridine rings is 1. The lowest BCUT2D eigenvalue weighted by Crippen LogP contribution is -2.33. The number of rotatable bonds is 5. The fraction of sp³-hybridized carbons (Fsp3) is 0.130. The molecule has 4 heteroatoms. The van der Waals surface area contributed by atoms with Crippen LogP contribution in [0.2, 0.25) is 0 Å². The molecule has 1 aliphatic heterocycles. The zero-order valence-corrected chi connectivity index (χ0v) is 15.1. The van der Waals surface area contributed by atoms with Gasteiger partial charge in [0.05, 0.1) is 12.2 Å². The van der Waals surface area contributed by atoms with Crippen LogP contribution < -0.4 is 14.0 Å². The summed E-state index contributed by atoms with van der Waals surface area (Å²) in [5, 5.41) is 0. The molecule has 0 bridgehead atoms. The molecule has 0 saturated carbocycles. The van der Waals surface area contributed by atoms with E-state index in [0.29, 0.717) is 29.4 Å². The van der Waals surface area contributed by atoms with Crippen LogP contribution in [0.1, 0.15) is 28.4 Å². The maximum absolute atomic E-state index is 12.5. The third-order valence-electron chi connectivity index (χ3n) is 4.38. The topological polar surface area (TPSA) is 39.4 Å². The number of ketones is 1. The van der Waals surface area contributed by atoms with Crippen molar-refractivity contribution in [3.8, 4) is 11.5 Å². The van der Waals surface area contributed by atoms with Crippen molar-refractivity contribution < 1.29 is 18.8 Å². The summed E-state index contributed by atoms with van der Waals surface area (Å²) in [6, 6.07) is 19.5. The van der Waals surface area contributed by atoms with E-state index >= 15 is 0 Å². The molecule has 0 spiro atoms. The van der Waals surface area contributed by atoms with Crippen molar-refractivity contribution in [2.24, 2.45) is 0 Å². The number of carbonyl (C=O) groups is 1. The second-order valence-corrected chi connectivity index (χ2v) is 6.32. The largest absolute Gasteiger partial charge is 0.494 e.